The molecule has 0 saturated carbocycles. The summed E-state index contributed by atoms with van der Waals surface area (Å²) in [5.41, 5.74) is 1.66. The van der Waals surface area contributed by atoms with Crippen LogP contribution in [-0.2, 0) is 13.1 Å². The molecular formula is C28H38Cl2N10O4. The summed E-state index contributed by atoms with van der Waals surface area (Å²) in [6, 6.07) is 6.99. The van der Waals surface area contributed by atoms with Crippen LogP contribution < -0.4 is 0 Å². The van der Waals surface area contributed by atoms with E-state index >= 15 is 0 Å². The fraction of sp³-hybridized carbons (Fsp3) is 0.571. The molecule has 0 amide bonds. The van der Waals surface area contributed by atoms with Gasteiger partial charge in [-0.15, -0.1) is 0 Å². The van der Waals surface area contributed by atoms with Crippen LogP contribution in [0.15, 0.2) is 46.9 Å². The molecule has 0 spiro atoms. The summed E-state index contributed by atoms with van der Waals surface area (Å²) in [6.45, 7) is 4.77. The summed E-state index contributed by atoms with van der Waals surface area (Å²) in [5.74, 6) is 0.414. The van der Waals surface area contributed by atoms with Crippen LogP contribution in [0, 0.1) is 20.2 Å². The molecule has 2 saturated heterocycles. The number of guanidine groups is 2. The average molecular weight is 650 g/mol. The predicted molar refractivity (Wildman–Crippen MR) is 168 cm³/mol. The first-order valence-corrected chi connectivity index (χ1v) is 15.7. The molecule has 44 heavy (non-hydrogen) atoms. The number of hydrazone groups is 2. The molecule has 4 heterocycles. The van der Waals surface area contributed by atoms with Crippen LogP contribution in [0.1, 0.15) is 69.4 Å². The summed E-state index contributed by atoms with van der Waals surface area (Å²) in [6.07, 6.45) is 11.1. The molecule has 2 aliphatic heterocycles. The number of pyridine rings is 2. The second kappa shape index (κ2) is 16.3. The number of aromatic nitrogens is 2. The maximum atomic E-state index is 11.7. The van der Waals surface area contributed by atoms with Gasteiger partial charge in [0, 0.05) is 51.7 Å². The first-order chi connectivity index (χ1) is 21.2. The lowest BCUT2D eigenvalue weighted by Crippen LogP contribution is -2.52. The lowest BCUT2D eigenvalue weighted by molar-refractivity contribution is -0.486. The normalized spacial score (nSPS) is 17.1. The largest absolute Gasteiger partial charge is 0.331 e. The van der Waals surface area contributed by atoms with Gasteiger partial charge in [-0.3, -0.25) is 0 Å². The van der Waals surface area contributed by atoms with Gasteiger partial charge >= 0.3 is 0 Å². The van der Waals surface area contributed by atoms with E-state index in [1.807, 2.05) is 31.7 Å². The molecule has 0 N–H and O–H groups in total. The van der Waals surface area contributed by atoms with Crippen LogP contribution in [-0.4, -0.2) is 83.9 Å². The quantitative estimate of drug-likeness (QED) is 0.102. The predicted octanol–water partition coefficient (Wildman–Crippen LogP) is 5.28. The molecule has 238 valence electrons. The van der Waals surface area contributed by atoms with Crippen molar-refractivity contribution in [1.82, 2.24) is 29.6 Å². The van der Waals surface area contributed by atoms with Crippen molar-refractivity contribution in [3.05, 3.63) is 78.3 Å². The van der Waals surface area contributed by atoms with Gasteiger partial charge in [-0.05, 0) is 36.1 Å². The highest BCUT2D eigenvalue weighted by molar-refractivity contribution is 6.29. The number of halogens is 2. The maximum Gasteiger partial charge on any atom is 0.276 e. The van der Waals surface area contributed by atoms with Crippen molar-refractivity contribution >= 4 is 35.1 Å². The third-order valence-corrected chi connectivity index (χ3v) is 8.20. The Labute approximate surface area is 266 Å². The average Bonchev–Trinajstić information content (AvgIpc) is 3.55. The Morgan fingerprint density at radius 3 is 1.61 bits per heavy atom. The maximum absolute atomic E-state index is 11.7. The fourth-order valence-corrected chi connectivity index (χ4v) is 5.90. The van der Waals surface area contributed by atoms with Gasteiger partial charge in [-0.25, -0.2) is 30.2 Å². The van der Waals surface area contributed by atoms with Gasteiger partial charge < -0.3 is 19.6 Å². The molecule has 2 aromatic rings. The molecule has 0 unspecified atom stereocenters. The lowest BCUT2D eigenvalue weighted by atomic mass is 10.1. The molecule has 0 atom stereocenters. The third kappa shape index (κ3) is 9.36. The summed E-state index contributed by atoms with van der Waals surface area (Å²) in [7, 11) is 0. The van der Waals surface area contributed by atoms with Crippen molar-refractivity contribution in [3.63, 3.8) is 0 Å². The molecule has 0 aliphatic carbocycles. The van der Waals surface area contributed by atoms with Crippen molar-refractivity contribution in [2.45, 2.75) is 77.5 Å². The SMILES string of the molecule is CCCCCCCCCC(N1CCN(Cc2ccc(Cl)nc2)/C1=N/[N+](=O)[O-])N1CCN(Cc2ccc(Cl)nc2)/C1=N/[N+](=O)[O-]. The molecule has 0 radical (unpaired) electrons. The van der Waals surface area contributed by atoms with Crippen LogP contribution in [0.25, 0.3) is 0 Å². The summed E-state index contributed by atoms with van der Waals surface area (Å²) in [5, 5.41) is 30.5. The minimum atomic E-state index is -0.693. The summed E-state index contributed by atoms with van der Waals surface area (Å²) >= 11 is 11.9. The Morgan fingerprint density at radius 2 is 1.20 bits per heavy atom. The number of hydrogen-bond acceptors (Lipinski definition) is 6. The molecule has 2 aromatic heterocycles. The molecule has 2 fully saturated rings. The molecule has 4 rings (SSSR count). The van der Waals surface area contributed by atoms with Crippen LogP contribution in [0.4, 0.5) is 0 Å². The number of nitro groups is 2. The number of unbranched alkanes of at least 4 members (excludes halogenated alkanes) is 6. The van der Waals surface area contributed by atoms with Crippen molar-refractivity contribution in [3.8, 4) is 0 Å². The van der Waals surface area contributed by atoms with Gasteiger partial charge in [0.1, 0.15) is 26.7 Å². The first kappa shape index (κ1) is 33.1. The van der Waals surface area contributed by atoms with Crippen molar-refractivity contribution in [2.75, 3.05) is 26.2 Å². The van der Waals surface area contributed by atoms with Gasteiger partial charge in [0.15, 0.2) is 10.1 Å². The Balaban J connectivity index is 1.60. The summed E-state index contributed by atoms with van der Waals surface area (Å²) in [4.78, 5) is 39.2. The van der Waals surface area contributed by atoms with E-state index in [4.69, 9.17) is 23.2 Å². The number of hydrogen-bond donors (Lipinski definition) is 0. The van der Waals surface area contributed by atoms with E-state index in [0.29, 0.717) is 56.0 Å². The van der Waals surface area contributed by atoms with Crippen LogP contribution >= 0.6 is 23.2 Å². The Kier molecular flexibility index (Phi) is 12.3. The number of nitrogens with zero attached hydrogens (tertiary/aromatic N) is 10. The highest BCUT2D eigenvalue weighted by Crippen LogP contribution is 2.27. The smallest absolute Gasteiger partial charge is 0.276 e. The van der Waals surface area contributed by atoms with E-state index in [9.17, 15) is 20.2 Å². The highest BCUT2D eigenvalue weighted by atomic mass is 35.5. The summed E-state index contributed by atoms with van der Waals surface area (Å²) < 4.78 is 0. The zero-order valence-electron chi connectivity index (χ0n) is 24.8. The van der Waals surface area contributed by atoms with Crippen molar-refractivity contribution in [2.24, 2.45) is 10.2 Å². The van der Waals surface area contributed by atoms with E-state index in [1.54, 1.807) is 24.5 Å². The van der Waals surface area contributed by atoms with E-state index < -0.39 is 16.2 Å². The highest BCUT2D eigenvalue weighted by Gasteiger charge is 2.42. The van der Waals surface area contributed by atoms with Gasteiger partial charge in [-0.1, -0.05) is 80.8 Å². The topological polar surface area (TPSA) is 150 Å². The Hall–Kier alpha value is -3.78. The third-order valence-electron chi connectivity index (χ3n) is 7.75. The monoisotopic (exact) mass is 648 g/mol. The Bertz CT molecular complexity index is 1220. The Morgan fingerprint density at radius 1 is 0.750 bits per heavy atom. The minimum Gasteiger partial charge on any atom is -0.331 e. The van der Waals surface area contributed by atoms with Crippen LogP contribution in [0.2, 0.25) is 10.3 Å². The van der Waals surface area contributed by atoms with Crippen molar-refractivity contribution in [1.29, 1.82) is 0 Å². The molecule has 2 aliphatic rings. The van der Waals surface area contributed by atoms with Crippen molar-refractivity contribution < 1.29 is 10.1 Å². The molecular weight excluding hydrogens is 611 g/mol. The van der Waals surface area contributed by atoms with Gasteiger partial charge in [-0.2, -0.15) is 0 Å². The second-order valence-electron chi connectivity index (χ2n) is 10.9. The second-order valence-corrected chi connectivity index (χ2v) is 11.6. The van der Waals surface area contributed by atoms with Crippen LogP contribution in [0.3, 0.4) is 0 Å². The zero-order chi connectivity index (χ0) is 31.5. The van der Waals surface area contributed by atoms with E-state index in [0.717, 1.165) is 36.8 Å². The number of rotatable bonds is 16. The fourth-order valence-electron chi connectivity index (χ4n) is 5.68. The van der Waals surface area contributed by atoms with Gasteiger partial charge in [0.05, 0.1) is 0 Å². The standard InChI is InChI=1S/C28H38Cl2N10O4/c1-2-3-4-5-6-7-8-9-26(37-16-14-35(27(37)33-39(41)42)20-22-10-12-24(29)31-18-22)38-17-15-36(28(38)34-40(43)44)21-23-11-13-25(30)32-19-23/h10-13,18-19,26H,2-9,14-17,20-21H2,1H3/b33-27-,34-28-. The van der Waals surface area contributed by atoms with E-state index in [-0.39, 0.29) is 11.9 Å². The van der Waals surface area contributed by atoms with Gasteiger partial charge in [0.2, 0.25) is 0 Å². The molecule has 0 bridgehead atoms. The first-order valence-electron chi connectivity index (χ1n) is 14.9. The van der Waals surface area contributed by atoms with Gasteiger partial charge in [0.25, 0.3) is 11.9 Å². The van der Waals surface area contributed by atoms with E-state index in [1.165, 1.54) is 19.3 Å². The van der Waals surface area contributed by atoms with E-state index in [2.05, 4.69) is 27.1 Å². The zero-order valence-corrected chi connectivity index (χ0v) is 26.3. The van der Waals surface area contributed by atoms with Crippen LogP contribution in [0.5, 0.6) is 0 Å². The lowest BCUT2D eigenvalue weighted by Gasteiger charge is -2.36. The molecule has 16 heteroatoms. The molecule has 14 nitrogen and oxygen atoms in total. The molecule has 0 aromatic carbocycles. The minimum absolute atomic E-state index is 0.207.